The molecule has 106 valence electrons. The Kier molecular flexibility index (Phi) is 4.55. The largest absolute Gasteiger partial charge is 0.468 e. The molecule has 0 N–H and O–H groups in total. The molecule has 1 aliphatic heterocycles. The van der Waals surface area contributed by atoms with Crippen molar-refractivity contribution in [2.45, 2.75) is 26.4 Å². The van der Waals surface area contributed by atoms with Crippen molar-refractivity contribution in [3.63, 3.8) is 0 Å². The van der Waals surface area contributed by atoms with Gasteiger partial charge in [-0.25, -0.2) is 0 Å². The molecule has 1 aliphatic rings. The molecule has 1 atom stereocenters. The second kappa shape index (κ2) is 6.16. The van der Waals surface area contributed by atoms with Gasteiger partial charge in [-0.1, -0.05) is 5.16 Å². The molecule has 0 spiro atoms. The maximum absolute atomic E-state index is 11.5. The highest BCUT2D eigenvalue weighted by molar-refractivity contribution is 5.75. The summed E-state index contributed by atoms with van der Waals surface area (Å²) in [7, 11) is 1.43. The van der Waals surface area contributed by atoms with E-state index in [4.69, 9.17) is 9.26 Å². The monoisotopic (exact) mass is 267 g/mol. The zero-order valence-corrected chi connectivity index (χ0v) is 11.8. The van der Waals surface area contributed by atoms with Gasteiger partial charge in [-0.05, 0) is 13.8 Å². The van der Waals surface area contributed by atoms with Gasteiger partial charge in [0.2, 0.25) is 0 Å². The summed E-state index contributed by atoms with van der Waals surface area (Å²) >= 11 is 0. The molecule has 0 bridgehead atoms. The summed E-state index contributed by atoms with van der Waals surface area (Å²) in [4.78, 5) is 16.0. The van der Waals surface area contributed by atoms with Gasteiger partial charge in [0.05, 0.1) is 12.8 Å². The second-order valence-corrected chi connectivity index (χ2v) is 4.94. The Hall–Kier alpha value is -1.40. The van der Waals surface area contributed by atoms with Crippen molar-refractivity contribution in [2.24, 2.45) is 0 Å². The third kappa shape index (κ3) is 3.54. The Morgan fingerprint density at radius 1 is 1.47 bits per heavy atom. The van der Waals surface area contributed by atoms with Gasteiger partial charge in [-0.15, -0.1) is 0 Å². The fourth-order valence-electron chi connectivity index (χ4n) is 2.35. The number of aryl methyl sites for hydroxylation is 1. The third-order valence-corrected chi connectivity index (χ3v) is 3.56. The van der Waals surface area contributed by atoms with Crippen molar-refractivity contribution in [1.29, 1.82) is 0 Å². The Labute approximate surface area is 113 Å². The quantitative estimate of drug-likeness (QED) is 0.747. The molecule has 2 rings (SSSR count). The number of rotatable bonds is 4. The predicted octanol–water partition coefficient (Wildman–Crippen LogP) is 0.662. The number of hydrogen-bond acceptors (Lipinski definition) is 6. The van der Waals surface area contributed by atoms with E-state index in [2.05, 4.69) is 15.0 Å². The van der Waals surface area contributed by atoms with Gasteiger partial charge in [0.15, 0.2) is 0 Å². The van der Waals surface area contributed by atoms with Gasteiger partial charge in [0.1, 0.15) is 11.8 Å². The zero-order chi connectivity index (χ0) is 13.8. The highest BCUT2D eigenvalue weighted by atomic mass is 16.5. The van der Waals surface area contributed by atoms with Gasteiger partial charge in [-0.2, -0.15) is 0 Å². The SMILES string of the molecule is COC(=O)[C@H](C)N1CCN(Cc2cc(C)on2)CC1. The molecule has 0 amide bonds. The normalized spacial score (nSPS) is 19.3. The van der Waals surface area contributed by atoms with Crippen LogP contribution >= 0.6 is 0 Å². The Balaban J connectivity index is 1.80. The lowest BCUT2D eigenvalue weighted by Gasteiger charge is -2.36. The van der Waals surface area contributed by atoms with E-state index < -0.39 is 0 Å². The number of ether oxygens (including phenoxy) is 1. The molecule has 0 unspecified atom stereocenters. The molecule has 1 saturated heterocycles. The molecule has 0 aliphatic carbocycles. The van der Waals surface area contributed by atoms with Crippen molar-refractivity contribution in [3.05, 3.63) is 17.5 Å². The minimum atomic E-state index is -0.166. The Morgan fingerprint density at radius 2 is 2.16 bits per heavy atom. The van der Waals surface area contributed by atoms with Crippen LogP contribution in [0.3, 0.4) is 0 Å². The second-order valence-electron chi connectivity index (χ2n) is 4.94. The van der Waals surface area contributed by atoms with Crippen LogP contribution in [-0.2, 0) is 16.1 Å². The van der Waals surface area contributed by atoms with Crippen LogP contribution in [0.4, 0.5) is 0 Å². The van der Waals surface area contributed by atoms with Crippen molar-refractivity contribution in [2.75, 3.05) is 33.3 Å². The van der Waals surface area contributed by atoms with Crippen LogP contribution in [0, 0.1) is 6.92 Å². The first-order valence-corrected chi connectivity index (χ1v) is 6.56. The van der Waals surface area contributed by atoms with E-state index in [0.29, 0.717) is 0 Å². The third-order valence-electron chi connectivity index (χ3n) is 3.56. The van der Waals surface area contributed by atoms with Crippen LogP contribution in [0.15, 0.2) is 10.6 Å². The molecular formula is C13H21N3O3. The van der Waals surface area contributed by atoms with Crippen LogP contribution < -0.4 is 0 Å². The van der Waals surface area contributed by atoms with Crippen molar-refractivity contribution < 1.29 is 14.1 Å². The summed E-state index contributed by atoms with van der Waals surface area (Å²) in [5, 5.41) is 4.00. The van der Waals surface area contributed by atoms with Crippen LogP contribution in [0.5, 0.6) is 0 Å². The zero-order valence-electron chi connectivity index (χ0n) is 11.8. The van der Waals surface area contributed by atoms with E-state index in [9.17, 15) is 4.79 Å². The van der Waals surface area contributed by atoms with E-state index in [1.807, 2.05) is 19.9 Å². The van der Waals surface area contributed by atoms with Crippen LogP contribution in [0.2, 0.25) is 0 Å². The molecule has 2 heterocycles. The van der Waals surface area contributed by atoms with Crippen molar-refractivity contribution in [1.82, 2.24) is 15.0 Å². The molecule has 0 radical (unpaired) electrons. The molecular weight excluding hydrogens is 246 g/mol. The number of methoxy groups -OCH3 is 1. The van der Waals surface area contributed by atoms with Crippen molar-refractivity contribution in [3.8, 4) is 0 Å². The number of aromatic nitrogens is 1. The average Bonchev–Trinajstić information content (AvgIpc) is 2.83. The number of carbonyl (C=O) groups is 1. The van der Waals surface area contributed by atoms with Gasteiger partial charge in [0, 0.05) is 38.8 Å². The lowest BCUT2D eigenvalue weighted by molar-refractivity contribution is -0.147. The average molecular weight is 267 g/mol. The molecule has 6 heteroatoms. The maximum Gasteiger partial charge on any atom is 0.322 e. The van der Waals surface area contributed by atoms with Gasteiger partial charge >= 0.3 is 5.97 Å². The number of esters is 1. The van der Waals surface area contributed by atoms with E-state index in [-0.39, 0.29) is 12.0 Å². The summed E-state index contributed by atoms with van der Waals surface area (Å²) in [6.07, 6.45) is 0. The maximum atomic E-state index is 11.5. The smallest absolute Gasteiger partial charge is 0.322 e. The summed E-state index contributed by atoms with van der Waals surface area (Å²) in [5.74, 6) is 0.675. The predicted molar refractivity (Wildman–Crippen MR) is 69.6 cm³/mol. The highest BCUT2D eigenvalue weighted by Crippen LogP contribution is 2.11. The summed E-state index contributed by atoms with van der Waals surface area (Å²) in [6.45, 7) is 8.17. The molecule has 6 nitrogen and oxygen atoms in total. The van der Waals surface area contributed by atoms with Crippen LogP contribution in [0.1, 0.15) is 18.4 Å². The number of piperazine rings is 1. The number of nitrogens with zero attached hydrogens (tertiary/aromatic N) is 3. The lowest BCUT2D eigenvalue weighted by atomic mass is 10.2. The topological polar surface area (TPSA) is 58.8 Å². The first kappa shape index (κ1) is 14.0. The van der Waals surface area contributed by atoms with Gasteiger partial charge < -0.3 is 9.26 Å². The van der Waals surface area contributed by atoms with Gasteiger partial charge in [-0.3, -0.25) is 14.6 Å². The molecule has 19 heavy (non-hydrogen) atoms. The molecule has 1 fully saturated rings. The summed E-state index contributed by atoms with van der Waals surface area (Å²) < 4.78 is 9.84. The Bertz CT molecular complexity index is 425. The molecule has 0 aromatic carbocycles. The minimum absolute atomic E-state index is 0.165. The fraction of sp³-hybridized carbons (Fsp3) is 0.692. The van der Waals surface area contributed by atoms with E-state index in [1.54, 1.807) is 0 Å². The summed E-state index contributed by atoms with van der Waals surface area (Å²) in [5.41, 5.74) is 0.965. The van der Waals surface area contributed by atoms with Crippen LogP contribution in [0.25, 0.3) is 0 Å². The number of carbonyl (C=O) groups excluding carboxylic acids is 1. The minimum Gasteiger partial charge on any atom is -0.468 e. The molecule has 1 aromatic rings. The first-order valence-electron chi connectivity index (χ1n) is 6.56. The fourth-order valence-corrected chi connectivity index (χ4v) is 2.35. The van der Waals surface area contributed by atoms with Gasteiger partial charge in [0.25, 0.3) is 0 Å². The number of hydrogen-bond donors (Lipinski definition) is 0. The molecule has 1 aromatic heterocycles. The summed E-state index contributed by atoms with van der Waals surface area (Å²) in [6, 6.07) is 1.80. The van der Waals surface area contributed by atoms with E-state index in [1.165, 1.54) is 7.11 Å². The van der Waals surface area contributed by atoms with E-state index >= 15 is 0 Å². The lowest BCUT2D eigenvalue weighted by Crippen LogP contribution is -2.51. The first-order chi connectivity index (χ1) is 9.10. The van der Waals surface area contributed by atoms with Crippen molar-refractivity contribution >= 4 is 5.97 Å². The van der Waals surface area contributed by atoms with E-state index in [0.717, 1.165) is 44.2 Å². The molecule has 0 saturated carbocycles. The van der Waals surface area contributed by atoms with Crippen LogP contribution in [-0.4, -0.2) is 60.3 Å². The highest BCUT2D eigenvalue weighted by Gasteiger charge is 2.26. The Morgan fingerprint density at radius 3 is 2.68 bits per heavy atom. The standard InChI is InChI=1S/C13H21N3O3/c1-10-8-12(14-19-10)9-15-4-6-16(7-5-15)11(2)13(17)18-3/h8,11H,4-7,9H2,1-3H3/t11-/m0/s1.